The maximum atomic E-state index is 11.6. The Labute approximate surface area is 116 Å². The Morgan fingerprint density at radius 3 is 2.47 bits per heavy atom. The van der Waals surface area contributed by atoms with Crippen molar-refractivity contribution in [2.75, 3.05) is 33.7 Å². The average Bonchev–Trinajstić information content (AvgIpc) is 2.37. The molecule has 1 aromatic carbocycles. The Kier molecular flexibility index (Phi) is 7.15. The Hall–Kier alpha value is -1.39. The van der Waals surface area contributed by atoms with Crippen LogP contribution in [-0.2, 0) is 11.3 Å². The van der Waals surface area contributed by atoms with Gasteiger partial charge in [0.15, 0.2) is 0 Å². The minimum Gasteiger partial charge on any atom is -0.352 e. The predicted octanol–water partition coefficient (Wildman–Crippen LogP) is 1.15. The standard InChI is InChI=1S/C15H25N3O/c1-13-4-6-14(7-5-13)12-17-15(19)8-9-16-10-11-18(2)3/h4-7,16H,8-12H2,1-3H3,(H,17,19). The van der Waals surface area contributed by atoms with Crippen LogP contribution in [0.2, 0.25) is 0 Å². The molecule has 0 aliphatic rings. The minimum absolute atomic E-state index is 0.0953. The van der Waals surface area contributed by atoms with Gasteiger partial charge < -0.3 is 15.5 Å². The summed E-state index contributed by atoms with van der Waals surface area (Å²) < 4.78 is 0. The van der Waals surface area contributed by atoms with Gasteiger partial charge in [-0.2, -0.15) is 0 Å². The van der Waals surface area contributed by atoms with Gasteiger partial charge in [0.05, 0.1) is 0 Å². The van der Waals surface area contributed by atoms with Gasteiger partial charge in [-0.3, -0.25) is 4.79 Å². The van der Waals surface area contributed by atoms with Gasteiger partial charge >= 0.3 is 0 Å². The molecule has 0 bridgehead atoms. The van der Waals surface area contributed by atoms with E-state index in [1.54, 1.807) is 0 Å². The maximum absolute atomic E-state index is 11.6. The van der Waals surface area contributed by atoms with Crippen LogP contribution in [-0.4, -0.2) is 44.5 Å². The Morgan fingerprint density at radius 1 is 1.16 bits per heavy atom. The Balaban J connectivity index is 2.09. The van der Waals surface area contributed by atoms with E-state index < -0.39 is 0 Å². The van der Waals surface area contributed by atoms with Gasteiger partial charge in [-0.25, -0.2) is 0 Å². The zero-order valence-electron chi connectivity index (χ0n) is 12.2. The van der Waals surface area contributed by atoms with Crippen LogP contribution in [0.4, 0.5) is 0 Å². The van der Waals surface area contributed by atoms with Crippen molar-refractivity contribution in [3.8, 4) is 0 Å². The van der Waals surface area contributed by atoms with Gasteiger partial charge in [-0.05, 0) is 26.6 Å². The molecule has 19 heavy (non-hydrogen) atoms. The van der Waals surface area contributed by atoms with Crippen molar-refractivity contribution in [2.24, 2.45) is 0 Å². The smallest absolute Gasteiger partial charge is 0.221 e. The topological polar surface area (TPSA) is 44.4 Å². The second-order valence-electron chi connectivity index (χ2n) is 5.07. The molecule has 106 valence electrons. The summed E-state index contributed by atoms with van der Waals surface area (Å²) in [5, 5.41) is 6.18. The van der Waals surface area contributed by atoms with Gasteiger partial charge in [-0.1, -0.05) is 29.8 Å². The molecule has 0 saturated heterocycles. The lowest BCUT2D eigenvalue weighted by Gasteiger charge is -2.10. The van der Waals surface area contributed by atoms with Crippen LogP contribution in [0, 0.1) is 6.92 Å². The van der Waals surface area contributed by atoms with Crippen molar-refractivity contribution in [3.05, 3.63) is 35.4 Å². The Morgan fingerprint density at radius 2 is 1.84 bits per heavy atom. The van der Waals surface area contributed by atoms with E-state index in [4.69, 9.17) is 0 Å². The van der Waals surface area contributed by atoms with E-state index in [9.17, 15) is 4.79 Å². The number of likely N-dealkylation sites (N-methyl/N-ethyl adjacent to an activating group) is 1. The summed E-state index contributed by atoms with van der Waals surface area (Å²) in [4.78, 5) is 13.7. The first-order valence-electron chi connectivity index (χ1n) is 6.75. The molecular weight excluding hydrogens is 238 g/mol. The molecule has 1 rings (SSSR count). The second kappa shape index (κ2) is 8.67. The number of carbonyl (C=O) groups excluding carboxylic acids is 1. The molecule has 0 aliphatic heterocycles. The molecule has 0 fully saturated rings. The van der Waals surface area contributed by atoms with Crippen molar-refractivity contribution in [1.82, 2.24) is 15.5 Å². The highest BCUT2D eigenvalue weighted by Crippen LogP contribution is 2.02. The fraction of sp³-hybridized carbons (Fsp3) is 0.533. The molecule has 0 aliphatic carbocycles. The lowest BCUT2D eigenvalue weighted by atomic mass is 10.1. The molecule has 2 N–H and O–H groups in total. The normalized spacial score (nSPS) is 10.7. The molecular formula is C15H25N3O. The maximum Gasteiger partial charge on any atom is 0.221 e. The number of benzene rings is 1. The number of hydrogen-bond acceptors (Lipinski definition) is 3. The zero-order chi connectivity index (χ0) is 14.1. The molecule has 0 saturated carbocycles. The van der Waals surface area contributed by atoms with Crippen molar-refractivity contribution in [2.45, 2.75) is 19.9 Å². The highest BCUT2D eigenvalue weighted by Gasteiger charge is 2.01. The van der Waals surface area contributed by atoms with Crippen molar-refractivity contribution in [1.29, 1.82) is 0 Å². The second-order valence-corrected chi connectivity index (χ2v) is 5.07. The molecule has 1 aromatic rings. The lowest BCUT2D eigenvalue weighted by Crippen LogP contribution is -2.31. The van der Waals surface area contributed by atoms with Crippen LogP contribution < -0.4 is 10.6 Å². The van der Waals surface area contributed by atoms with E-state index in [-0.39, 0.29) is 5.91 Å². The van der Waals surface area contributed by atoms with Gasteiger partial charge in [0.2, 0.25) is 5.91 Å². The summed E-state index contributed by atoms with van der Waals surface area (Å²) in [7, 11) is 4.08. The van der Waals surface area contributed by atoms with Crippen LogP contribution >= 0.6 is 0 Å². The number of carbonyl (C=O) groups is 1. The predicted molar refractivity (Wildman–Crippen MR) is 79.1 cm³/mol. The summed E-state index contributed by atoms with van der Waals surface area (Å²) in [5.41, 5.74) is 2.37. The summed E-state index contributed by atoms with van der Waals surface area (Å²) in [6, 6.07) is 8.21. The first-order valence-corrected chi connectivity index (χ1v) is 6.75. The van der Waals surface area contributed by atoms with E-state index in [2.05, 4.69) is 34.6 Å². The van der Waals surface area contributed by atoms with Crippen LogP contribution in [0.5, 0.6) is 0 Å². The number of amides is 1. The largest absolute Gasteiger partial charge is 0.352 e. The third kappa shape index (κ3) is 7.59. The van der Waals surface area contributed by atoms with E-state index in [0.717, 1.165) is 25.2 Å². The van der Waals surface area contributed by atoms with E-state index in [1.807, 2.05) is 26.2 Å². The first kappa shape index (κ1) is 15.7. The molecule has 0 unspecified atom stereocenters. The Bertz CT molecular complexity index is 373. The quantitative estimate of drug-likeness (QED) is 0.692. The fourth-order valence-corrected chi connectivity index (χ4v) is 1.62. The highest BCUT2D eigenvalue weighted by molar-refractivity contribution is 5.76. The minimum atomic E-state index is 0.0953. The van der Waals surface area contributed by atoms with Crippen LogP contribution in [0.25, 0.3) is 0 Å². The first-order chi connectivity index (χ1) is 9.08. The summed E-state index contributed by atoms with van der Waals surface area (Å²) in [6.45, 7) is 5.30. The van der Waals surface area contributed by atoms with Gasteiger partial charge in [0.1, 0.15) is 0 Å². The summed E-state index contributed by atoms with van der Waals surface area (Å²) in [6.07, 6.45) is 0.527. The van der Waals surface area contributed by atoms with Crippen molar-refractivity contribution in [3.63, 3.8) is 0 Å². The van der Waals surface area contributed by atoms with Gasteiger partial charge in [0.25, 0.3) is 0 Å². The molecule has 0 spiro atoms. The number of hydrogen-bond donors (Lipinski definition) is 2. The summed E-state index contributed by atoms with van der Waals surface area (Å²) in [5.74, 6) is 0.0953. The number of rotatable bonds is 8. The van der Waals surface area contributed by atoms with Gasteiger partial charge in [0, 0.05) is 32.6 Å². The average molecular weight is 263 g/mol. The molecule has 0 atom stereocenters. The van der Waals surface area contributed by atoms with Crippen LogP contribution in [0.1, 0.15) is 17.5 Å². The molecule has 0 aromatic heterocycles. The van der Waals surface area contributed by atoms with E-state index in [1.165, 1.54) is 5.56 Å². The van der Waals surface area contributed by atoms with Crippen molar-refractivity contribution >= 4 is 5.91 Å². The van der Waals surface area contributed by atoms with Crippen LogP contribution in [0.3, 0.4) is 0 Å². The molecule has 4 nitrogen and oxygen atoms in total. The lowest BCUT2D eigenvalue weighted by molar-refractivity contribution is -0.121. The molecule has 0 radical (unpaired) electrons. The fourth-order valence-electron chi connectivity index (χ4n) is 1.62. The molecule has 1 amide bonds. The van der Waals surface area contributed by atoms with E-state index >= 15 is 0 Å². The zero-order valence-corrected chi connectivity index (χ0v) is 12.2. The number of nitrogens with one attached hydrogen (secondary N) is 2. The SMILES string of the molecule is Cc1ccc(CNC(=O)CCNCCN(C)C)cc1. The van der Waals surface area contributed by atoms with Crippen molar-refractivity contribution < 1.29 is 4.79 Å². The summed E-state index contributed by atoms with van der Waals surface area (Å²) >= 11 is 0. The third-order valence-electron chi connectivity index (χ3n) is 2.87. The van der Waals surface area contributed by atoms with Gasteiger partial charge in [-0.15, -0.1) is 0 Å². The molecule has 4 heteroatoms. The number of nitrogens with zero attached hydrogens (tertiary/aromatic N) is 1. The number of aryl methyl sites for hydroxylation is 1. The molecule has 0 heterocycles. The van der Waals surface area contributed by atoms with Crippen LogP contribution in [0.15, 0.2) is 24.3 Å². The monoisotopic (exact) mass is 263 g/mol. The highest BCUT2D eigenvalue weighted by atomic mass is 16.1. The third-order valence-corrected chi connectivity index (χ3v) is 2.87. The van der Waals surface area contributed by atoms with E-state index in [0.29, 0.717) is 13.0 Å².